The lowest BCUT2D eigenvalue weighted by Crippen LogP contribution is -2.23. The van der Waals surface area contributed by atoms with E-state index in [2.05, 4.69) is 13.8 Å². The molecule has 1 unspecified atom stereocenters. The summed E-state index contributed by atoms with van der Waals surface area (Å²) in [5.74, 6) is 0.0691. The van der Waals surface area contributed by atoms with Crippen LogP contribution in [0.2, 0.25) is 0 Å². The molecule has 0 radical (unpaired) electrons. The van der Waals surface area contributed by atoms with Crippen LogP contribution in [-0.2, 0) is 4.79 Å². The number of primary amides is 1. The highest BCUT2D eigenvalue weighted by molar-refractivity contribution is 5.76. The molecule has 228 valence electrons. The van der Waals surface area contributed by atoms with Crippen molar-refractivity contribution < 1.29 is 4.79 Å². The molecule has 0 aliphatic carbocycles. The fourth-order valence-electron chi connectivity index (χ4n) is 5.95. The smallest absolute Gasteiger partial charge is 0.220 e. The maximum atomic E-state index is 11.9. The van der Waals surface area contributed by atoms with Crippen LogP contribution in [0.5, 0.6) is 0 Å². The van der Waals surface area contributed by atoms with Gasteiger partial charge in [0.25, 0.3) is 0 Å². The zero-order valence-electron chi connectivity index (χ0n) is 26.7. The molecule has 38 heavy (non-hydrogen) atoms. The Morgan fingerprint density at radius 1 is 0.368 bits per heavy atom. The van der Waals surface area contributed by atoms with Gasteiger partial charge in [-0.2, -0.15) is 0 Å². The third-order valence-electron chi connectivity index (χ3n) is 8.71. The van der Waals surface area contributed by atoms with E-state index >= 15 is 0 Å². The van der Waals surface area contributed by atoms with Crippen molar-refractivity contribution in [1.82, 2.24) is 0 Å². The van der Waals surface area contributed by atoms with Gasteiger partial charge in [0, 0.05) is 5.92 Å². The molecule has 0 aliphatic heterocycles. The summed E-state index contributed by atoms with van der Waals surface area (Å²) < 4.78 is 0. The Kier molecular flexibility index (Phi) is 32.2. The first-order valence-electron chi connectivity index (χ1n) is 18.0. The SMILES string of the molecule is CCCCCCCCCCCCCCCCCCC(CCCCCCCCCCCCCCCC)C(N)=O. The first kappa shape index (κ1) is 37.5. The maximum absolute atomic E-state index is 11.9. The average molecular weight is 536 g/mol. The highest BCUT2D eigenvalue weighted by Crippen LogP contribution is 2.20. The molecule has 0 saturated carbocycles. The summed E-state index contributed by atoms with van der Waals surface area (Å²) in [6, 6.07) is 0. The minimum absolute atomic E-state index is 0.0550. The Balaban J connectivity index is 3.38. The molecule has 2 N–H and O–H groups in total. The van der Waals surface area contributed by atoms with E-state index in [0.29, 0.717) is 0 Å². The predicted octanol–water partition coefficient (Wildman–Crippen LogP) is 12.6. The van der Waals surface area contributed by atoms with Crippen molar-refractivity contribution in [1.29, 1.82) is 0 Å². The molecular weight excluding hydrogens is 462 g/mol. The minimum atomic E-state index is -0.0550. The van der Waals surface area contributed by atoms with Crippen molar-refractivity contribution in [3.05, 3.63) is 0 Å². The molecule has 2 heteroatoms. The summed E-state index contributed by atoms with van der Waals surface area (Å²) in [6.07, 6.45) is 43.8. The third-order valence-corrected chi connectivity index (χ3v) is 8.71. The average Bonchev–Trinajstić information content (AvgIpc) is 2.91. The second-order valence-electron chi connectivity index (χ2n) is 12.6. The van der Waals surface area contributed by atoms with Gasteiger partial charge in [-0.05, 0) is 12.8 Å². The fourth-order valence-corrected chi connectivity index (χ4v) is 5.95. The van der Waals surface area contributed by atoms with Gasteiger partial charge in [0.2, 0.25) is 5.91 Å². The maximum Gasteiger partial charge on any atom is 0.220 e. The number of unbranched alkanes of at least 4 members (excludes halogenated alkanes) is 28. The number of hydrogen-bond acceptors (Lipinski definition) is 1. The molecule has 0 saturated heterocycles. The zero-order valence-corrected chi connectivity index (χ0v) is 26.7. The number of nitrogens with two attached hydrogens (primary N) is 1. The topological polar surface area (TPSA) is 43.1 Å². The van der Waals surface area contributed by atoms with Crippen LogP contribution in [-0.4, -0.2) is 5.91 Å². The Morgan fingerprint density at radius 3 is 0.737 bits per heavy atom. The number of carbonyl (C=O) groups excluding carboxylic acids is 1. The third kappa shape index (κ3) is 30.0. The Hall–Kier alpha value is -0.530. The molecule has 0 aromatic carbocycles. The lowest BCUT2D eigenvalue weighted by molar-refractivity contribution is -0.122. The van der Waals surface area contributed by atoms with Gasteiger partial charge in [-0.1, -0.05) is 206 Å². The van der Waals surface area contributed by atoms with E-state index in [1.54, 1.807) is 0 Å². The summed E-state index contributed by atoms with van der Waals surface area (Å²) in [5, 5.41) is 0. The summed E-state index contributed by atoms with van der Waals surface area (Å²) >= 11 is 0. The molecule has 0 aliphatic rings. The van der Waals surface area contributed by atoms with E-state index in [1.165, 1.54) is 193 Å². The van der Waals surface area contributed by atoms with Crippen LogP contribution in [0, 0.1) is 5.92 Å². The molecule has 1 amide bonds. The lowest BCUT2D eigenvalue weighted by atomic mass is 9.93. The molecule has 0 spiro atoms. The molecule has 0 heterocycles. The van der Waals surface area contributed by atoms with Crippen molar-refractivity contribution in [3.63, 3.8) is 0 Å². The van der Waals surface area contributed by atoms with Gasteiger partial charge in [-0.3, -0.25) is 4.79 Å². The van der Waals surface area contributed by atoms with Crippen molar-refractivity contribution in [2.24, 2.45) is 11.7 Å². The minimum Gasteiger partial charge on any atom is -0.369 e. The summed E-state index contributed by atoms with van der Waals surface area (Å²) in [4.78, 5) is 11.9. The van der Waals surface area contributed by atoms with Crippen molar-refractivity contribution >= 4 is 5.91 Å². The monoisotopic (exact) mass is 536 g/mol. The number of amides is 1. The molecular formula is C36H73NO. The van der Waals surface area contributed by atoms with Crippen LogP contribution >= 0.6 is 0 Å². The largest absolute Gasteiger partial charge is 0.369 e. The Bertz CT molecular complexity index is 449. The standard InChI is InChI=1S/C36H73NO/c1-3-5-7-9-11-13-15-17-19-20-22-24-26-28-30-32-34-35(36(37)38)33-31-29-27-25-23-21-18-16-14-12-10-8-6-4-2/h35H,3-34H2,1-2H3,(H2,37,38). The van der Waals surface area contributed by atoms with Crippen molar-refractivity contribution in [2.75, 3.05) is 0 Å². The van der Waals surface area contributed by atoms with Gasteiger partial charge in [-0.25, -0.2) is 0 Å². The van der Waals surface area contributed by atoms with E-state index in [0.717, 1.165) is 12.8 Å². The van der Waals surface area contributed by atoms with Gasteiger partial charge in [0.05, 0.1) is 0 Å². The predicted molar refractivity (Wildman–Crippen MR) is 172 cm³/mol. The molecule has 2 nitrogen and oxygen atoms in total. The molecule has 0 aromatic rings. The summed E-state index contributed by atoms with van der Waals surface area (Å²) in [5.41, 5.74) is 5.72. The lowest BCUT2D eigenvalue weighted by Gasteiger charge is -2.13. The highest BCUT2D eigenvalue weighted by Gasteiger charge is 2.14. The van der Waals surface area contributed by atoms with Crippen LogP contribution in [0.25, 0.3) is 0 Å². The van der Waals surface area contributed by atoms with Gasteiger partial charge >= 0.3 is 0 Å². The highest BCUT2D eigenvalue weighted by atomic mass is 16.1. The summed E-state index contributed by atoms with van der Waals surface area (Å²) in [7, 11) is 0. The van der Waals surface area contributed by atoms with Crippen molar-refractivity contribution in [2.45, 2.75) is 219 Å². The Morgan fingerprint density at radius 2 is 0.553 bits per heavy atom. The second-order valence-corrected chi connectivity index (χ2v) is 12.6. The van der Waals surface area contributed by atoms with E-state index in [9.17, 15) is 4.79 Å². The van der Waals surface area contributed by atoms with Gasteiger partial charge in [0.1, 0.15) is 0 Å². The number of rotatable bonds is 33. The normalized spacial score (nSPS) is 12.3. The van der Waals surface area contributed by atoms with Crippen LogP contribution in [0.3, 0.4) is 0 Å². The summed E-state index contributed by atoms with van der Waals surface area (Å²) in [6.45, 7) is 4.58. The molecule has 0 bridgehead atoms. The van der Waals surface area contributed by atoms with Gasteiger partial charge in [-0.15, -0.1) is 0 Å². The first-order chi connectivity index (χ1) is 18.7. The second kappa shape index (κ2) is 32.7. The molecule has 0 aromatic heterocycles. The molecule has 0 fully saturated rings. The van der Waals surface area contributed by atoms with E-state index in [1.807, 2.05) is 0 Å². The van der Waals surface area contributed by atoms with Crippen LogP contribution < -0.4 is 5.73 Å². The Labute approximate surface area is 241 Å². The fraction of sp³-hybridized carbons (Fsp3) is 0.972. The van der Waals surface area contributed by atoms with E-state index < -0.39 is 0 Å². The van der Waals surface area contributed by atoms with Gasteiger partial charge < -0.3 is 5.73 Å². The van der Waals surface area contributed by atoms with Crippen LogP contribution in [0.1, 0.15) is 219 Å². The number of carbonyl (C=O) groups is 1. The van der Waals surface area contributed by atoms with Crippen LogP contribution in [0.15, 0.2) is 0 Å². The molecule has 0 rings (SSSR count). The van der Waals surface area contributed by atoms with Crippen molar-refractivity contribution in [3.8, 4) is 0 Å². The van der Waals surface area contributed by atoms with E-state index in [4.69, 9.17) is 5.73 Å². The first-order valence-corrected chi connectivity index (χ1v) is 18.0. The van der Waals surface area contributed by atoms with Crippen LogP contribution in [0.4, 0.5) is 0 Å². The quantitative estimate of drug-likeness (QED) is 0.0834. The van der Waals surface area contributed by atoms with Gasteiger partial charge in [0.15, 0.2) is 0 Å². The molecule has 1 atom stereocenters. The zero-order chi connectivity index (χ0) is 27.8. The van der Waals surface area contributed by atoms with E-state index in [-0.39, 0.29) is 11.8 Å². The number of hydrogen-bond donors (Lipinski definition) is 1.